The van der Waals surface area contributed by atoms with Crippen molar-refractivity contribution in [3.05, 3.63) is 0 Å². The van der Waals surface area contributed by atoms with Gasteiger partial charge in [0.15, 0.2) is 5.96 Å². The Morgan fingerprint density at radius 3 is 2.57 bits per heavy atom. The van der Waals surface area contributed by atoms with Crippen molar-refractivity contribution >= 4 is 53.5 Å². The summed E-state index contributed by atoms with van der Waals surface area (Å²) >= 11 is 3.97. The van der Waals surface area contributed by atoms with Crippen LogP contribution in [0.25, 0.3) is 0 Å². The van der Waals surface area contributed by atoms with Crippen LogP contribution in [0.3, 0.4) is 0 Å². The first-order valence-corrected chi connectivity index (χ1v) is 9.99. The van der Waals surface area contributed by atoms with Crippen molar-refractivity contribution in [1.82, 2.24) is 10.6 Å². The molecular weight excluding hydrogens is 413 g/mol. The number of aliphatic imine (C=N–C) groups is 1. The third-order valence-corrected chi connectivity index (χ3v) is 6.11. The third kappa shape index (κ3) is 8.79. The van der Waals surface area contributed by atoms with Crippen molar-refractivity contribution in [2.75, 3.05) is 25.1 Å². The molecule has 0 spiro atoms. The van der Waals surface area contributed by atoms with E-state index in [0.29, 0.717) is 6.04 Å². The Kier molecular flexibility index (Phi) is 11.6. The number of guanidine groups is 1. The lowest BCUT2D eigenvalue weighted by Crippen LogP contribution is -2.43. The maximum Gasteiger partial charge on any atom is 0.191 e. The summed E-state index contributed by atoms with van der Waals surface area (Å²) in [6, 6.07) is 0.592. The van der Waals surface area contributed by atoms with Crippen LogP contribution in [0.1, 0.15) is 47.0 Å². The topological polar surface area (TPSA) is 36.4 Å². The molecule has 0 amide bonds. The molecule has 0 radical (unpaired) electrons. The predicted molar refractivity (Wildman–Crippen MR) is 112 cm³/mol. The van der Waals surface area contributed by atoms with E-state index in [2.05, 4.69) is 56.3 Å². The van der Waals surface area contributed by atoms with E-state index in [1.165, 1.54) is 25.0 Å². The van der Waals surface area contributed by atoms with Gasteiger partial charge in [-0.3, -0.25) is 4.99 Å². The minimum atomic E-state index is 0. The van der Waals surface area contributed by atoms with Gasteiger partial charge in [-0.05, 0) is 52.0 Å². The normalized spacial score (nSPS) is 22.8. The van der Waals surface area contributed by atoms with Gasteiger partial charge >= 0.3 is 0 Å². The summed E-state index contributed by atoms with van der Waals surface area (Å²) in [5.41, 5.74) is 0. The maximum atomic E-state index is 4.76. The molecular formula is C15H32IN3S2. The average Bonchev–Trinajstić information content (AvgIpc) is 2.84. The number of nitrogens with one attached hydrogen (secondary N) is 2. The van der Waals surface area contributed by atoms with Gasteiger partial charge in [0.25, 0.3) is 0 Å². The summed E-state index contributed by atoms with van der Waals surface area (Å²) in [5, 5.41) is 7.83. The molecule has 0 aromatic rings. The first kappa shape index (κ1) is 21.7. The van der Waals surface area contributed by atoms with E-state index < -0.39 is 0 Å². The second-order valence-corrected chi connectivity index (χ2v) is 8.98. The standard InChI is InChI=1S/C15H31N3S2.HI/c1-6-16-14(17-11-15(3,4)19-5)18-12-8-9-13(10-12)20-7-2;/h12-13H,6-11H2,1-5H3,(H2,16,17,18);1H. The van der Waals surface area contributed by atoms with Crippen LogP contribution in [0.15, 0.2) is 4.99 Å². The molecule has 2 N–H and O–H groups in total. The van der Waals surface area contributed by atoms with E-state index in [1.54, 1.807) is 0 Å². The van der Waals surface area contributed by atoms with Crippen molar-refractivity contribution in [3.8, 4) is 0 Å². The maximum absolute atomic E-state index is 4.76. The summed E-state index contributed by atoms with van der Waals surface area (Å²) in [6.07, 6.45) is 6.04. The fourth-order valence-electron chi connectivity index (χ4n) is 2.31. The summed E-state index contributed by atoms with van der Waals surface area (Å²) in [6.45, 7) is 10.6. The van der Waals surface area contributed by atoms with E-state index in [4.69, 9.17) is 4.99 Å². The lowest BCUT2D eigenvalue weighted by molar-refractivity contribution is 0.611. The summed E-state index contributed by atoms with van der Waals surface area (Å²) in [5.74, 6) is 2.22. The molecule has 0 bridgehead atoms. The molecule has 2 atom stereocenters. The molecule has 3 nitrogen and oxygen atoms in total. The highest BCUT2D eigenvalue weighted by Gasteiger charge is 2.25. The Balaban J connectivity index is 0.00000400. The van der Waals surface area contributed by atoms with Crippen LogP contribution in [0.2, 0.25) is 0 Å². The Morgan fingerprint density at radius 1 is 1.29 bits per heavy atom. The highest BCUT2D eigenvalue weighted by Crippen LogP contribution is 2.29. The minimum absolute atomic E-state index is 0. The number of hydrogen-bond donors (Lipinski definition) is 2. The summed E-state index contributed by atoms with van der Waals surface area (Å²) < 4.78 is 0.207. The zero-order chi connectivity index (χ0) is 15.0. The van der Waals surface area contributed by atoms with Crippen LogP contribution in [0.5, 0.6) is 0 Å². The lowest BCUT2D eigenvalue weighted by atomic mass is 10.2. The van der Waals surface area contributed by atoms with E-state index in [1.807, 2.05) is 11.8 Å². The van der Waals surface area contributed by atoms with Gasteiger partial charge in [-0.2, -0.15) is 23.5 Å². The zero-order valence-corrected chi connectivity index (χ0v) is 18.0. The molecule has 0 aliphatic heterocycles. The number of nitrogens with zero attached hydrogens (tertiary/aromatic N) is 1. The van der Waals surface area contributed by atoms with Gasteiger partial charge in [-0.25, -0.2) is 0 Å². The monoisotopic (exact) mass is 445 g/mol. The van der Waals surface area contributed by atoms with Gasteiger partial charge in [0, 0.05) is 22.6 Å². The van der Waals surface area contributed by atoms with Gasteiger partial charge in [0.2, 0.25) is 0 Å². The molecule has 0 aromatic heterocycles. The van der Waals surface area contributed by atoms with Gasteiger partial charge in [0.1, 0.15) is 0 Å². The van der Waals surface area contributed by atoms with Crippen molar-refractivity contribution in [1.29, 1.82) is 0 Å². The fraction of sp³-hybridized carbons (Fsp3) is 0.933. The van der Waals surface area contributed by atoms with Crippen LogP contribution in [-0.2, 0) is 0 Å². The predicted octanol–water partition coefficient (Wildman–Crippen LogP) is 3.98. The van der Waals surface area contributed by atoms with Crippen molar-refractivity contribution in [2.24, 2.45) is 4.99 Å². The quantitative estimate of drug-likeness (QED) is 0.353. The molecule has 1 aliphatic rings. The Labute approximate surface area is 156 Å². The molecule has 1 fully saturated rings. The third-order valence-electron chi connectivity index (χ3n) is 3.64. The van der Waals surface area contributed by atoms with E-state index in [0.717, 1.165) is 24.3 Å². The average molecular weight is 445 g/mol. The lowest BCUT2D eigenvalue weighted by Gasteiger charge is -2.22. The number of hydrogen-bond acceptors (Lipinski definition) is 3. The van der Waals surface area contributed by atoms with Gasteiger partial charge in [0.05, 0.1) is 6.54 Å². The van der Waals surface area contributed by atoms with E-state index in [9.17, 15) is 0 Å². The molecule has 1 rings (SSSR count). The number of thioether (sulfide) groups is 2. The van der Waals surface area contributed by atoms with Gasteiger partial charge in [-0.1, -0.05) is 6.92 Å². The SMILES string of the molecule is CCNC(=NCC(C)(C)SC)NC1CCC(SCC)C1.I. The first-order valence-electron chi connectivity index (χ1n) is 7.72. The molecule has 2 unspecified atom stereocenters. The van der Waals surface area contributed by atoms with E-state index in [-0.39, 0.29) is 28.7 Å². The molecule has 0 saturated heterocycles. The second kappa shape index (κ2) is 11.3. The van der Waals surface area contributed by atoms with Gasteiger partial charge < -0.3 is 10.6 Å². The number of rotatable bonds is 7. The summed E-state index contributed by atoms with van der Waals surface area (Å²) in [7, 11) is 0. The Morgan fingerprint density at radius 2 is 2.00 bits per heavy atom. The largest absolute Gasteiger partial charge is 0.357 e. The molecule has 1 saturated carbocycles. The van der Waals surface area contributed by atoms with Crippen LogP contribution in [0, 0.1) is 0 Å². The fourth-order valence-corrected chi connectivity index (χ4v) is 3.64. The Bertz CT molecular complexity index is 311. The van der Waals surface area contributed by atoms with Crippen LogP contribution < -0.4 is 10.6 Å². The molecule has 0 heterocycles. The Hall–Kier alpha value is 0.700. The molecule has 21 heavy (non-hydrogen) atoms. The highest BCUT2D eigenvalue weighted by atomic mass is 127. The van der Waals surface area contributed by atoms with Crippen LogP contribution in [0.4, 0.5) is 0 Å². The minimum Gasteiger partial charge on any atom is -0.357 e. The van der Waals surface area contributed by atoms with Crippen LogP contribution >= 0.6 is 47.5 Å². The van der Waals surface area contributed by atoms with Crippen molar-refractivity contribution < 1.29 is 0 Å². The smallest absolute Gasteiger partial charge is 0.191 e. The molecule has 6 heteroatoms. The van der Waals surface area contributed by atoms with Crippen LogP contribution in [-0.4, -0.2) is 47.1 Å². The molecule has 126 valence electrons. The first-order chi connectivity index (χ1) is 9.50. The second-order valence-electron chi connectivity index (χ2n) is 5.89. The van der Waals surface area contributed by atoms with E-state index >= 15 is 0 Å². The highest BCUT2D eigenvalue weighted by molar-refractivity contribution is 14.0. The van der Waals surface area contributed by atoms with Crippen molar-refractivity contribution in [2.45, 2.75) is 63.0 Å². The zero-order valence-electron chi connectivity index (χ0n) is 14.1. The molecule has 1 aliphatic carbocycles. The van der Waals surface area contributed by atoms with Crippen molar-refractivity contribution in [3.63, 3.8) is 0 Å². The van der Waals surface area contributed by atoms with Gasteiger partial charge in [-0.15, -0.1) is 24.0 Å². The summed E-state index contributed by atoms with van der Waals surface area (Å²) in [4.78, 5) is 4.76. The molecule has 0 aromatic carbocycles. The number of halogens is 1.